The van der Waals surface area contributed by atoms with Gasteiger partial charge in [-0.1, -0.05) is 13.8 Å². The molecular formula is C10H22N2S. The van der Waals surface area contributed by atoms with Gasteiger partial charge >= 0.3 is 0 Å². The average Bonchev–Trinajstić information content (AvgIpc) is 1.98. The first-order valence-electron chi connectivity index (χ1n) is 4.95. The van der Waals surface area contributed by atoms with E-state index in [-0.39, 0.29) is 0 Å². The van der Waals surface area contributed by atoms with Crippen LogP contribution in [-0.2, 0) is 0 Å². The average molecular weight is 202 g/mol. The zero-order chi connectivity index (χ0) is 10.4. The van der Waals surface area contributed by atoms with E-state index in [1.807, 2.05) is 7.05 Å². The lowest BCUT2D eigenvalue weighted by molar-refractivity contribution is 0.427. The maximum absolute atomic E-state index is 5.22. The monoisotopic (exact) mass is 202 g/mol. The summed E-state index contributed by atoms with van der Waals surface area (Å²) in [6.07, 6.45) is 1.19. The third-order valence-corrected chi connectivity index (χ3v) is 2.23. The summed E-state index contributed by atoms with van der Waals surface area (Å²) in [5.74, 6) is 0.740. The smallest absolute Gasteiger partial charge is 0.168 e. The van der Waals surface area contributed by atoms with Crippen molar-refractivity contribution in [1.82, 2.24) is 10.2 Å². The summed E-state index contributed by atoms with van der Waals surface area (Å²) >= 11 is 5.22. The van der Waals surface area contributed by atoms with Gasteiger partial charge in [0.1, 0.15) is 0 Å². The summed E-state index contributed by atoms with van der Waals surface area (Å²) in [6.45, 7) is 9.70. The fourth-order valence-electron chi connectivity index (χ4n) is 0.911. The lowest BCUT2D eigenvalue weighted by Gasteiger charge is -2.23. The molecule has 0 aromatic carbocycles. The maximum atomic E-state index is 5.22. The van der Waals surface area contributed by atoms with Gasteiger partial charge in [0.25, 0.3) is 0 Å². The second-order valence-corrected chi connectivity index (χ2v) is 4.59. The van der Waals surface area contributed by atoms with Crippen LogP contribution in [0, 0.1) is 5.92 Å². The van der Waals surface area contributed by atoms with E-state index in [1.54, 1.807) is 0 Å². The minimum atomic E-state index is 0.425. The molecule has 13 heavy (non-hydrogen) atoms. The molecule has 3 heteroatoms. The second kappa shape index (κ2) is 6.19. The molecule has 0 fully saturated rings. The first-order valence-corrected chi connectivity index (χ1v) is 5.36. The van der Waals surface area contributed by atoms with Crippen LogP contribution in [0.25, 0.3) is 0 Å². The lowest BCUT2D eigenvalue weighted by Crippen LogP contribution is -2.41. The Balaban J connectivity index is 3.69. The summed E-state index contributed by atoms with van der Waals surface area (Å²) < 4.78 is 0. The Bertz CT molecular complexity index is 155. The van der Waals surface area contributed by atoms with Crippen LogP contribution in [0.5, 0.6) is 0 Å². The van der Waals surface area contributed by atoms with Gasteiger partial charge in [-0.3, -0.25) is 0 Å². The Hall–Kier alpha value is -0.310. The Morgan fingerprint density at radius 3 is 2.23 bits per heavy atom. The molecule has 0 bridgehead atoms. The summed E-state index contributed by atoms with van der Waals surface area (Å²) in [4.78, 5) is 2.11. The zero-order valence-corrected chi connectivity index (χ0v) is 10.2. The first kappa shape index (κ1) is 12.7. The Morgan fingerprint density at radius 1 is 1.31 bits per heavy atom. The third kappa shape index (κ3) is 6.82. The molecule has 0 aromatic heterocycles. The van der Waals surface area contributed by atoms with Gasteiger partial charge in [0, 0.05) is 19.6 Å². The SMILES string of the molecule is CC(C)CCN(C)C(=S)NC(C)C. The highest BCUT2D eigenvalue weighted by Crippen LogP contribution is 2.00. The molecule has 0 radical (unpaired) electrons. The number of thiocarbonyl (C=S) groups is 1. The van der Waals surface area contributed by atoms with Crippen molar-refractivity contribution in [2.75, 3.05) is 13.6 Å². The van der Waals surface area contributed by atoms with Crippen molar-refractivity contribution in [1.29, 1.82) is 0 Å². The molecule has 0 aliphatic heterocycles. The molecule has 0 spiro atoms. The molecule has 1 N–H and O–H groups in total. The van der Waals surface area contributed by atoms with Gasteiger partial charge in [0.15, 0.2) is 5.11 Å². The molecule has 0 rings (SSSR count). The fourth-order valence-corrected chi connectivity index (χ4v) is 1.24. The van der Waals surface area contributed by atoms with Crippen molar-refractivity contribution in [2.24, 2.45) is 5.92 Å². The van der Waals surface area contributed by atoms with Gasteiger partial charge < -0.3 is 10.2 Å². The second-order valence-electron chi connectivity index (χ2n) is 4.21. The van der Waals surface area contributed by atoms with E-state index in [2.05, 4.69) is 37.9 Å². The molecule has 2 nitrogen and oxygen atoms in total. The van der Waals surface area contributed by atoms with Gasteiger partial charge in [-0.25, -0.2) is 0 Å². The normalized spacial score (nSPS) is 10.7. The van der Waals surface area contributed by atoms with Crippen LogP contribution in [0.4, 0.5) is 0 Å². The molecule has 0 heterocycles. The number of hydrogen-bond acceptors (Lipinski definition) is 1. The van der Waals surface area contributed by atoms with Crippen LogP contribution in [0.15, 0.2) is 0 Å². The molecule has 0 aliphatic carbocycles. The van der Waals surface area contributed by atoms with Crippen molar-refractivity contribution in [3.63, 3.8) is 0 Å². The van der Waals surface area contributed by atoms with Crippen molar-refractivity contribution < 1.29 is 0 Å². The van der Waals surface area contributed by atoms with Crippen molar-refractivity contribution >= 4 is 17.3 Å². The predicted octanol–water partition coefficient (Wildman–Crippen LogP) is 2.25. The van der Waals surface area contributed by atoms with Crippen LogP contribution in [0.3, 0.4) is 0 Å². The molecular weight excluding hydrogens is 180 g/mol. The Morgan fingerprint density at radius 2 is 1.85 bits per heavy atom. The van der Waals surface area contributed by atoms with Gasteiger partial charge in [-0.15, -0.1) is 0 Å². The van der Waals surface area contributed by atoms with Gasteiger partial charge in [-0.2, -0.15) is 0 Å². The minimum absolute atomic E-state index is 0.425. The lowest BCUT2D eigenvalue weighted by atomic mass is 10.1. The summed E-state index contributed by atoms with van der Waals surface area (Å²) in [5, 5.41) is 4.08. The van der Waals surface area contributed by atoms with E-state index in [4.69, 9.17) is 12.2 Å². The number of nitrogens with zero attached hydrogens (tertiary/aromatic N) is 1. The molecule has 0 atom stereocenters. The van der Waals surface area contributed by atoms with E-state index in [9.17, 15) is 0 Å². The van der Waals surface area contributed by atoms with Crippen LogP contribution in [0.1, 0.15) is 34.1 Å². The molecule has 0 amide bonds. The summed E-state index contributed by atoms with van der Waals surface area (Å²) in [5.41, 5.74) is 0. The molecule has 0 aromatic rings. The molecule has 0 saturated carbocycles. The van der Waals surface area contributed by atoms with Crippen LogP contribution in [-0.4, -0.2) is 29.6 Å². The minimum Gasteiger partial charge on any atom is -0.360 e. The Kier molecular flexibility index (Phi) is 6.04. The van der Waals surface area contributed by atoms with Crippen molar-refractivity contribution in [3.8, 4) is 0 Å². The van der Waals surface area contributed by atoms with Gasteiger partial charge in [-0.05, 0) is 38.4 Å². The molecule has 0 unspecified atom stereocenters. The van der Waals surface area contributed by atoms with Crippen LogP contribution >= 0.6 is 12.2 Å². The number of nitrogens with one attached hydrogen (secondary N) is 1. The Labute approximate surface area is 87.7 Å². The summed E-state index contributed by atoms with van der Waals surface area (Å²) in [7, 11) is 2.04. The third-order valence-electron chi connectivity index (χ3n) is 1.80. The van der Waals surface area contributed by atoms with E-state index in [1.165, 1.54) is 6.42 Å². The highest BCUT2D eigenvalue weighted by atomic mass is 32.1. The highest BCUT2D eigenvalue weighted by Gasteiger charge is 2.05. The molecule has 0 saturated heterocycles. The van der Waals surface area contributed by atoms with Gasteiger partial charge in [0.05, 0.1) is 0 Å². The number of hydrogen-bond donors (Lipinski definition) is 1. The van der Waals surface area contributed by atoms with Crippen molar-refractivity contribution in [3.05, 3.63) is 0 Å². The number of rotatable bonds is 4. The fraction of sp³-hybridized carbons (Fsp3) is 0.900. The van der Waals surface area contributed by atoms with E-state index >= 15 is 0 Å². The predicted molar refractivity (Wildman–Crippen MR) is 63.0 cm³/mol. The van der Waals surface area contributed by atoms with E-state index in [0.717, 1.165) is 17.6 Å². The van der Waals surface area contributed by atoms with E-state index in [0.29, 0.717) is 6.04 Å². The largest absolute Gasteiger partial charge is 0.360 e. The van der Waals surface area contributed by atoms with Crippen molar-refractivity contribution in [2.45, 2.75) is 40.2 Å². The standard InChI is InChI=1S/C10H22N2S/c1-8(2)6-7-12(5)10(13)11-9(3)4/h8-9H,6-7H2,1-5H3,(H,11,13). The maximum Gasteiger partial charge on any atom is 0.168 e. The highest BCUT2D eigenvalue weighted by molar-refractivity contribution is 7.80. The quantitative estimate of drug-likeness (QED) is 0.704. The van der Waals surface area contributed by atoms with Crippen LogP contribution in [0.2, 0.25) is 0 Å². The van der Waals surface area contributed by atoms with Gasteiger partial charge in [0.2, 0.25) is 0 Å². The molecule has 78 valence electrons. The molecule has 0 aliphatic rings. The van der Waals surface area contributed by atoms with E-state index < -0.39 is 0 Å². The summed E-state index contributed by atoms with van der Waals surface area (Å²) in [6, 6.07) is 0.425. The van der Waals surface area contributed by atoms with Crippen LogP contribution < -0.4 is 5.32 Å². The topological polar surface area (TPSA) is 15.3 Å². The first-order chi connectivity index (χ1) is 5.93. The zero-order valence-electron chi connectivity index (χ0n) is 9.42.